The molecule has 21 rings (SSSR count). The van der Waals surface area contributed by atoms with Crippen molar-refractivity contribution >= 4 is 47.6 Å². The second-order valence-electron chi connectivity index (χ2n) is 25.3. The Kier molecular flexibility index (Phi) is 32.2. The van der Waals surface area contributed by atoms with Crippen LogP contribution in [0.15, 0.2) is 0 Å². The number of likely N-dealkylation sites (N-methyl/N-ethyl adjacent to an activating group) is 1. The monoisotopic (exact) mass is 1510 g/mol. The number of hydrogen-bond donors (Lipinski definition) is 20. The molecule has 0 aromatic rings. The normalized spacial score (nSPS) is 45.8. The molecule has 0 amide bonds. The van der Waals surface area contributed by atoms with Crippen molar-refractivity contribution in [1.82, 2.24) is 5.32 Å². The number of thioether (sulfide) groups is 2. The van der Waals surface area contributed by atoms with E-state index in [9.17, 15) is 116 Å². The van der Waals surface area contributed by atoms with Gasteiger partial charge in [-0.15, -0.1) is 0 Å². The van der Waals surface area contributed by atoms with E-state index >= 15 is 0 Å². The van der Waals surface area contributed by atoms with Gasteiger partial charge in [0.05, 0.1) is 77.7 Å². The molecule has 20 N–H and O–H groups in total. The van der Waals surface area contributed by atoms with Crippen molar-refractivity contribution in [2.75, 3.05) is 89.5 Å². The first-order chi connectivity index (χ1) is 49.0. The summed E-state index contributed by atoms with van der Waals surface area (Å²) < 4.78 is 109. The van der Waals surface area contributed by atoms with E-state index in [1.54, 1.807) is 0 Å². The summed E-state index contributed by atoms with van der Waals surface area (Å²) in [6.07, 6.45) is -74.8. The summed E-state index contributed by atoms with van der Waals surface area (Å²) in [4.78, 5) is 49.0. The van der Waals surface area contributed by atoms with Gasteiger partial charge in [-0.2, -0.15) is 23.5 Å². The lowest BCUT2D eigenvalue weighted by molar-refractivity contribution is -0.395. The zero-order valence-corrected chi connectivity index (χ0v) is 56.3. The minimum atomic E-state index is -2.30. The predicted molar refractivity (Wildman–Crippen MR) is 329 cm³/mol. The van der Waals surface area contributed by atoms with Gasteiger partial charge in [-0.3, -0.25) is 9.59 Å². The topological polar surface area (TPSA) is 612 Å². The molecule has 0 radical (unpaired) electrons. The number of ether oxygens (including phenoxy) is 16. The third kappa shape index (κ3) is 20.6. The van der Waals surface area contributed by atoms with Crippen LogP contribution in [0.2, 0.25) is 0 Å². The van der Waals surface area contributed by atoms with E-state index in [1.165, 1.54) is 14.0 Å². The molecule has 14 bridgehead atoms. The van der Waals surface area contributed by atoms with Crippen LogP contribution in [0.5, 0.6) is 0 Å². The Morgan fingerprint density at radius 2 is 0.644 bits per heavy atom. The molecule has 21 fully saturated rings. The smallest absolute Gasteiger partial charge is 0.187 e. The summed E-state index contributed by atoms with van der Waals surface area (Å²) in [5.41, 5.74) is 0. The maximum Gasteiger partial charge on any atom is 0.187 e. The number of nitrogens with one attached hydrogen (secondary N) is 1. The Hall–Kier alpha value is -2.06. The van der Waals surface area contributed by atoms with Gasteiger partial charge >= 0.3 is 0 Å². The summed E-state index contributed by atoms with van der Waals surface area (Å²) in [5, 5.41) is 220. The fourth-order valence-corrected chi connectivity index (χ4v) is 14.6. The van der Waals surface area contributed by atoms with Gasteiger partial charge in [-0.05, 0) is 14.0 Å². The summed E-state index contributed by atoms with van der Waals surface area (Å²) in [5.74, 6) is -3.03. The Morgan fingerprint density at radius 1 is 0.386 bits per heavy atom. The van der Waals surface area contributed by atoms with E-state index in [2.05, 4.69) is 5.32 Å². The van der Waals surface area contributed by atoms with Gasteiger partial charge in [0.1, 0.15) is 186 Å². The summed E-state index contributed by atoms with van der Waals surface area (Å²) in [6, 6.07) is -1.07. The molecule has 0 aromatic heterocycles. The highest BCUT2D eigenvalue weighted by Crippen LogP contribution is 2.40. The van der Waals surface area contributed by atoms with Crippen molar-refractivity contribution in [3.63, 3.8) is 0 Å². The fourth-order valence-electron chi connectivity index (χ4n) is 12.4. The van der Waals surface area contributed by atoms with Gasteiger partial charge in [-0.1, -0.05) is 0 Å². The number of carbonyl (C=O) groups is 4. The molecule has 0 spiro atoms. The number of carbonyl (C=O) groups excluding carboxylic acids is 4. The summed E-state index contributed by atoms with van der Waals surface area (Å²) in [6.45, 7) is -3.81. The molecule has 0 saturated carbocycles. The van der Waals surface area contributed by atoms with E-state index in [0.717, 1.165) is 23.5 Å². The zero-order chi connectivity index (χ0) is 75.4. The van der Waals surface area contributed by atoms with Crippen molar-refractivity contribution in [1.29, 1.82) is 0 Å². The van der Waals surface area contributed by atoms with Crippen LogP contribution in [-0.4, -0.2) is 432 Å². The first-order valence-electron chi connectivity index (χ1n) is 33.8. The van der Waals surface area contributed by atoms with Crippen molar-refractivity contribution in [3.8, 4) is 0 Å². The molecular formula is C59H97NO39S2. The van der Waals surface area contributed by atoms with Crippen LogP contribution in [-0.2, 0) is 95.0 Å². The lowest BCUT2D eigenvalue weighted by atomic mass is 9.95. The van der Waals surface area contributed by atoms with Crippen LogP contribution in [0, 0.1) is 5.92 Å². The van der Waals surface area contributed by atoms with Crippen LogP contribution in [0.3, 0.4) is 0 Å². The highest BCUT2D eigenvalue weighted by Gasteiger charge is 2.60. The number of aliphatic hydroxyl groups is 19. The minimum absolute atomic E-state index is 0.0721. The molecule has 0 aliphatic carbocycles. The molecule has 0 aromatic carbocycles. The molecule has 101 heavy (non-hydrogen) atoms. The van der Waals surface area contributed by atoms with Crippen LogP contribution < -0.4 is 5.32 Å². The fraction of sp³-hybridized carbons (Fsp3) is 0.932. The summed E-state index contributed by atoms with van der Waals surface area (Å²) in [7, 11) is 1.39. The summed E-state index contributed by atoms with van der Waals surface area (Å²) >= 11 is 1.74. The molecule has 21 aliphatic heterocycles. The Bertz CT molecular complexity index is 2620. The van der Waals surface area contributed by atoms with E-state index in [4.69, 9.17) is 78.5 Å². The van der Waals surface area contributed by atoms with Crippen LogP contribution in [0.1, 0.15) is 28.9 Å². The second-order valence-corrected chi connectivity index (χ2v) is 27.5. The number of ketones is 2. The average molecular weight is 1510 g/mol. The number of Topliss-reactive ketones (excluding diaryl/α,β-unsaturated/α-hetero) is 2. The zero-order valence-electron chi connectivity index (χ0n) is 56.7. The molecule has 21 heterocycles. The number of aliphatic hydroxyl groups excluding tert-OH is 19. The van der Waals surface area contributed by atoms with Crippen molar-refractivity contribution < 1.29 is 195 Å². The lowest BCUT2D eigenvalue weighted by Crippen LogP contribution is -2.68. The Balaban J connectivity index is 1.08. The van der Waals surface area contributed by atoms with E-state index in [1.807, 2.05) is 0 Å². The molecular weight excluding hydrogens is 1410 g/mol. The molecule has 21 saturated heterocycles. The average Bonchev–Trinajstić information content (AvgIpc) is 0.791. The molecule has 21 aliphatic rings. The molecule has 14 unspecified atom stereocenters. The second kappa shape index (κ2) is 39.9. The third-order valence-electron chi connectivity index (χ3n) is 18.2. The number of aldehydes is 2. The number of hydrogen-bond acceptors (Lipinski definition) is 42. The van der Waals surface area contributed by atoms with Gasteiger partial charge in [0.2, 0.25) is 0 Å². The maximum atomic E-state index is 13.1. The van der Waals surface area contributed by atoms with Crippen LogP contribution in [0.4, 0.5) is 0 Å². The standard InChI is InChI=1S/C59H97NO39S2/c1-21(68)3-5-84-7-8-85-6-4-24(69)9-22(10-61)17-100-19-30-51-37(75)44(82)58(91-30)96-49-28(15-66)87-55(40(78)33(49)71)95-48-27(14-65)90-57(43(81)36(48)74)99-52-31(20-101-18-23(11-62)60-2)92-59(45(83)38(52)76)97-50-29(16-67)88-54(41(79)34(50)72)93-46-25(12-63)86-53(39(77)32(46)70)94-47-26(13-64)89-56(98-51)42(80)35(47)73/h10-11,22-23,25-60,63-67,70-83H,3-9,12-20H2,1-2H3/t22-,23-,25?,26?,27?,28?,29?,30?,31?,32+,33+,34+,35+,36+,37+,38+,39?,40?,41?,42?,43?,44?,45?,46+,47+,48+,49+,50+,51+,52+,53+,54+,55-,56+,57-,58+,59-/m0/s1/i10D,11D. The quantitative estimate of drug-likeness (QED) is 0.0268. The largest absolute Gasteiger partial charge is 0.394 e. The Labute approximate surface area is 588 Å². The van der Waals surface area contributed by atoms with Crippen LogP contribution in [0.25, 0.3) is 0 Å². The molecule has 37 atom stereocenters. The highest BCUT2D eigenvalue weighted by molar-refractivity contribution is 7.99. The van der Waals surface area contributed by atoms with Gasteiger partial charge in [-0.25, -0.2) is 0 Å². The van der Waals surface area contributed by atoms with Gasteiger partial charge in [0.15, 0.2) is 44.0 Å². The maximum absolute atomic E-state index is 13.1. The first-order valence-corrected chi connectivity index (χ1v) is 35.1. The molecule has 584 valence electrons. The van der Waals surface area contributed by atoms with Gasteiger partial charge < -0.3 is 188 Å². The van der Waals surface area contributed by atoms with Crippen molar-refractivity contribution in [3.05, 3.63) is 0 Å². The first kappa shape index (κ1) is 81.5. The SMILES string of the molecule is [2H]C(=O)[C@@H](CSCC1O[C@@H]2O[C@@H]3C(CO)O[C@@H](O[C@@H]4C(CO)O[C@@H](O[C@@H]5C(CSC[C@@H](NC)C([2H])=O)O[C@@H](O[C@@H]6C(CO)O[C@H](O[C@@H]7C(CO)O[C@H](O[C@@H]8C(CO)O[C@H](O[C@H]1[C@H](O)C2O)C(O)[C@H]8O)C(O)[C@H]7O)C(O)[C@H]6O)C(O)[C@H]5O)C(O)[C@H]4O)C(O)[C@H]3O)CC(=O)CCOCCOCCC(C)=O. The van der Waals surface area contributed by atoms with Gasteiger partial charge in [0, 0.05) is 48.2 Å². The van der Waals surface area contributed by atoms with E-state index in [-0.39, 0.29) is 62.3 Å². The number of rotatable bonds is 27. The van der Waals surface area contributed by atoms with Crippen molar-refractivity contribution in [2.24, 2.45) is 5.92 Å². The lowest BCUT2D eigenvalue weighted by Gasteiger charge is -2.50. The molecule has 40 nitrogen and oxygen atoms in total. The van der Waals surface area contributed by atoms with E-state index < -0.39 is 290 Å². The minimum Gasteiger partial charge on any atom is -0.394 e. The highest BCUT2D eigenvalue weighted by atomic mass is 32.2. The Morgan fingerprint density at radius 3 is 0.891 bits per heavy atom. The van der Waals surface area contributed by atoms with E-state index in [0.29, 0.717) is 0 Å². The van der Waals surface area contributed by atoms with Gasteiger partial charge in [0.25, 0.3) is 0 Å². The van der Waals surface area contributed by atoms with Crippen molar-refractivity contribution in [2.45, 2.75) is 247 Å². The third-order valence-corrected chi connectivity index (χ3v) is 20.6. The molecule has 42 heteroatoms. The predicted octanol–water partition coefficient (Wildman–Crippen LogP) is -12.8. The van der Waals surface area contributed by atoms with Crippen LogP contribution >= 0.6 is 23.5 Å².